The maximum Gasteiger partial charge on any atom is 0.338 e. The first kappa shape index (κ1) is 12.9. The van der Waals surface area contributed by atoms with Gasteiger partial charge in [0, 0.05) is 11.9 Å². The van der Waals surface area contributed by atoms with E-state index in [-0.39, 0.29) is 5.56 Å². The molecule has 0 aliphatic heterocycles. The Bertz CT molecular complexity index is 599. The van der Waals surface area contributed by atoms with E-state index in [1.807, 2.05) is 6.92 Å². The molecule has 0 atom stereocenters. The van der Waals surface area contributed by atoms with Crippen molar-refractivity contribution in [2.24, 2.45) is 0 Å². The number of halogens is 1. The lowest BCUT2D eigenvalue weighted by atomic mass is 10.2. The lowest BCUT2D eigenvalue weighted by molar-refractivity contribution is 0.0692. The van der Waals surface area contributed by atoms with Gasteiger partial charge in [0.15, 0.2) is 0 Å². The third-order valence-electron chi connectivity index (χ3n) is 2.51. The maximum absolute atomic E-state index is 13.4. The third-order valence-corrected chi connectivity index (χ3v) is 2.51. The molecule has 0 aliphatic carbocycles. The molecule has 0 saturated carbocycles. The summed E-state index contributed by atoms with van der Waals surface area (Å²) >= 11 is 0. The van der Waals surface area contributed by atoms with Crippen LogP contribution in [0.25, 0.3) is 0 Å². The second kappa shape index (κ2) is 5.43. The standard InChI is InChI=1S/C13H12FN3O2/c1-8-5-16-10(6-15-8)7-17-9-2-3-11(13(18)19)12(14)4-9/h2-6,17H,7H2,1H3,(H,18,19). The molecule has 2 N–H and O–H groups in total. The largest absolute Gasteiger partial charge is 0.478 e. The number of carbonyl (C=O) groups is 1. The van der Waals surface area contributed by atoms with Crippen LogP contribution >= 0.6 is 0 Å². The number of hydrogen-bond acceptors (Lipinski definition) is 4. The van der Waals surface area contributed by atoms with Crippen molar-refractivity contribution in [3.8, 4) is 0 Å². The number of nitrogens with zero attached hydrogens (tertiary/aromatic N) is 2. The van der Waals surface area contributed by atoms with Crippen LogP contribution in [-0.4, -0.2) is 21.0 Å². The average molecular weight is 261 g/mol. The Morgan fingerprint density at radius 1 is 1.37 bits per heavy atom. The van der Waals surface area contributed by atoms with Gasteiger partial charge in [-0.05, 0) is 25.1 Å². The molecule has 1 heterocycles. The Morgan fingerprint density at radius 2 is 2.16 bits per heavy atom. The van der Waals surface area contributed by atoms with E-state index in [0.29, 0.717) is 17.9 Å². The predicted molar refractivity (Wildman–Crippen MR) is 67.5 cm³/mol. The Morgan fingerprint density at radius 3 is 2.74 bits per heavy atom. The molecule has 0 unspecified atom stereocenters. The number of carboxylic acids is 1. The molecule has 19 heavy (non-hydrogen) atoms. The van der Waals surface area contributed by atoms with E-state index >= 15 is 0 Å². The number of carboxylic acid groups (broad SMARTS) is 1. The zero-order valence-electron chi connectivity index (χ0n) is 10.2. The number of aryl methyl sites for hydroxylation is 1. The second-order valence-electron chi connectivity index (χ2n) is 4.00. The molecule has 0 bridgehead atoms. The smallest absolute Gasteiger partial charge is 0.338 e. The Labute approximate surface area is 109 Å². The minimum atomic E-state index is -1.28. The van der Waals surface area contributed by atoms with Gasteiger partial charge in [-0.15, -0.1) is 0 Å². The molecule has 0 saturated heterocycles. The van der Waals surface area contributed by atoms with E-state index in [4.69, 9.17) is 5.11 Å². The molecule has 98 valence electrons. The van der Waals surface area contributed by atoms with Crippen molar-refractivity contribution >= 4 is 11.7 Å². The van der Waals surface area contributed by atoms with E-state index in [0.717, 1.165) is 11.8 Å². The van der Waals surface area contributed by atoms with Gasteiger partial charge in [-0.3, -0.25) is 9.97 Å². The number of benzene rings is 1. The Hall–Kier alpha value is -2.50. The van der Waals surface area contributed by atoms with E-state index in [9.17, 15) is 9.18 Å². The molecular formula is C13H12FN3O2. The fourth-order valence-electron chi connectivity index (χ4n) is 1.50. The van der Waals surface area contributed by atoms with Crippen molar-refractivity contribution in [1.29, 1.82) is 0 Å². The van der Waals surface area contributed by atoms with Gasteiger partial charge in [0.1, 0.15) is 5.82 Å². The highest BCUT2D eigenvalue weighted by Gasteiger charge is 2.10. The molecule has 0 amide bonds. The van der Waals surface area contributed by atoms with Crippen molar-refractivity contribution in [2.45, 2.75) is 13.5 Å². The van der Waals surface area contributed by atoms with Crippen LogP contribution in [0.1, 0.15) is 21.7 Å². The molecule has 0 aliphatic rings. The van der Waals surface area contributed by atoms with Crippen molar-refractivity contribution in [2.75, 3.05) is 5.32 Å². The van der Waals surface area contributed by atoms with Gasteiger partial charge in [-0.25, -0.2) is 9.18 Å². The van der Waals surface area contributed by atoms with Crippen LogP contribution in [0.3, 0.4) is 0 Å². The number of anilines is 1. The number of nitrogens with one attached hydrogen (secondary N) is 1. The molecule has 0 spiro atoms. The highest BCUT2D eigenvalue weighted by Crippen LogP contribution is 2.15. The monoisotopic (exact) mass is 261 g/mol. The minimum absolute atomic E-state index is 0.347. The molecule has 6 heteroatoms. The molecule has 1 aromatic carbocycles. The van der Waals surface area contributed by atoms with Gasteiger partial charge >= 0.3 is 5.97 Å². The fraction of sp³-hybridized carbons (Fsp3) is 0.154. The number of aromatic nitrogens is 2. The normalized spacial score (nSPS) is 10.2. The summed E-state index contributed by atoms with van der Waals surface area (Å²) < 4.78 is 13.4. The molecule has 0 fully saturated rings. The van der Waals surface area contributed by atoms with Crippen molar-refractivity contribution in [3.05, 3.63) is 53.4 Å². The quantitative estimate of drug-likeness (QED) is 0.882. The van der Waals surface area contributed by atoms with Gasteiger partial charge < -0.3 is 10.4 Å². The van der Waals surface area contributed by atoms with Gasteiger partial charge in [-0.2, -0.15) is 0 Å². The van der Waals surface area contributed by atoms with Crippen molar-refractivity contribution < 1.29 is 14.3 Å². The van der Waals surface area contributed by atoms with Crippen LogP contribution in [0.15, 0.2) is 30.6 Å². The van der Waals surface area contributed by atoms with E-state index in [1.165, 1.54) is 12.1 Å². The molecule has 2 aromatic rings. The van der Waals surface area contributed by atoms with Crippen LogP contribution in [0.2, 0.25) is 0 Å². The summed E-state index contributed by atoms with van der Waals surface area (Å²) in [5, 5.41) is 11.7. The van der Waals surface area contributed by atoms with E-state index in [2.05, 4.69) is 15.3 Å². The average Bonchev–Trinajstić information content (AvgIpc) is 2.37. The molecule has 1 aromatic heterocycles. The zero-order valence-corrected chi connectivity index (χ0v) is 10.2. The van der Waals surface area contributed by atoms with Crippen molar-refractivity contribution in [1.82, 2.24) is 9.97 Å². The molecular weight excluding hydrogens is 249 g/mol. The summed E-state index contributed by atoms with van der Waals surface area (Å²) in [7, 11) is 0. The Kier molecular flexibility index (Phi) is 3.70. The van der Waals surface area contributed by atoms with Crippen LogP contribution in [0.5, 0.6) is 0 Å². The summed E-state index contributed by atoms with van der Waals surface area (Å²) in [6.07, 6.45) is 3.27. The van der Waals surface area contributed by atoms with Crippen LogP contribution in [0.4, 0.5) is 10.1 Å². The maximum atomic E-state index is 13.4. The first-order valence-corrected chi connectivity index (χ1v) is 5.60. The van der Waals surface area contributed by atoms with Crippen LogP contribution in [-0.2, 0) is 6.54 Å². The van der Waals surface area contributed by atoms with E-state index < -0.39 is 11.8 Å². The summed E-state index contributed by atoms with van der Waals surface area (Å²) in [6, 6.07) is 3.88. The van der Waals surface area contributed by atoms with Gasteiger partial charge in [0.25, 0.3) is 0 Å². The van der Waals surface area contributed by atoms with Crippen LogP contribution in [0, 0.1) is 12.7 Å². The molecule has 0 radical (unpaired) electrons. The lowest BCUT2D eigenvalue weighted by Gasteiger charge is -2.07. The summed E-state index contributed by atoms with van der Waals surface area (Å²) in [4.78, 5) is 18.9. The molecule has 2 rings (SSSR count). The van der Waals surface area contributed by atoms with E-state index in [1.54, 1.807) is 12.4 Å². The number of rotatable bonds is 4. The molecule has 5 nitrogen and oxygen atoms in total. The summed E-state index contributed by atoms with van der Waals surface area (Å²) in [6.45, 7) is 2.23. The summed E-state index contributed by atoms with van der Waals surface area (Å²) in [5.41, 5.74) is 1.68. The lowest BCUT2D eigenvalue weighted by Crippen LogP contribution is -2.05. The van der Waals surface area contributed by atoms with Gasteiger partial charge in [0.2, 0.25) is 0 Å². The topological polar surface area (TPSA) is 75.1 Å². The highest BCUT2D eigenvalue weighted by molar-refractivity contribution is 5.88. The SMILES string of the molecule is Cc1cnc(CNc2ccc(C(=O)O)c(F)c2)cn1. The highest BCUT2D eigenvalue weighted by atomic mass is 19.1. The minimum Gasteiger partial charge on any atom is -0.478 e. The first-order valence-electron chi connectivity index (χ1n) is 5.60. The second-order valence-corrected chi connectivity index (χ2v) is 4.00. The predicted octanol–water partition coefficient (Wildman–Crippen LogP) is 2.23. The number of aromatic carboxylic acids is 1. The van der Waals surface area contributed by atoms with Gasteiger partial charge in [-0.1, -0.05) is 0 Å². The van der Waals surface area contributed by atoms with Gasteiger partial charge in [0.05, 0.1) is 29.7 Å². The third kappa shape index (κ3) is 3.25. The van der Waals surface area contributed by atoms with Crippen molar-refractivity contribution in [3.63, 3.8) is 0 Å². The zero-order chi connectivity index (χ0) is 13.8. The Balaban J connectivity index is 2.06. The first-order chi connectivity index (χ1) is 9.06. The number of hydrogen-bond donors (Lipinski definition) is 2. The summed E-state index contributed by atoms with van der Waals surface area (Å²) in [5.74, 6) is -2.05. The van der Waals surface area contributed by atoms with Crippen LogP contribution < -0.4 is 5.32 Å². The fourth-order valence-corrected chi connectivity index (χ4v) is 1.50.